The van der Waals surface area contributed by atoms with Gasteiger partial charge in [-0.15, -0.1) is 0 Å². The molecule has 15 heavy (non-hydrogen) atoms. The molecule has 2 fully saturated rings. The summed E-state index contributed by atoms with van der Waals surface area (Å²) < 4.78 is 0. The second-order valence-electron chi connectivity index (χ2n) is 4.98. The number of rotatable bonds is 2. The molecule has 2 saturated heterocycles. The molecule has 4 nitrogen and oxygen atoms in total. The first-order chi connectivity index (χ1) is 7.18. The molecule has 0 unspecified atom stereocenters. The molecule has 0 saturated carbocycles. The zero-order valence-corrected chi connectivity index (χ0v) is 9.28. The summed E-state index contributed by atoms with van der Waals surface area (Å²) in [6.07, 6.45) is 3.30. The summed E-state index contributed by atoms with van der Waals surface area (Å²) in [5.41, 5.74) is -0.493. The first-order valence-electron chi connectivity index (χ1n) is 6.01. The van der Waals surface area contributed by atoms with Crippen molar-refractivity contribution >= 4 is 0 Å². The van der Waals surface area contributed by atoms with Crippen molar-refractivity contribution in [2.75, 3.05) is 32.7 Å². The Labute approximate surface area is 91.3 Å². The van der Waals surface area contributed by atoms with Crippen LogP contribution in [-0.2, 0) is 0 Å². The Morgan fingerprint density at radius 1 is 1.20 bits per heavy atom. The third kappa shape index (κ3) is 3.14. The lowest BCUT2D eigenvalue weighted by atomic mass is 9.91. The van der Waals surface area contributed by atoms with Crippen molar-refractivity contribution in [1.82, 2.24) is 10.2 Å². The highest BCUT2D eigenvalue weighted by atomic mass is 16.3. The molecule has 0 amide bonds. The monoisotopic (exact) mass is 214 g/mol. The number of nitrogens with one attached hydrogen (secondary N) is 1. The molecule has 0 aromatic rings. The van der Waals surface area contributed by atoms with Crippen LogP contribution in [0, 0.1) is 0 Å². The summed E-state index contributed by atoms with van der Waals surface area (Å²) >= 11 is 0. The van der Waals surface area contributed by atoms with Gasteiger partial charge in [0.05, 0.1) is 11.7 Å². The third-order valence-electron chi connectivity index (χ3n) is 3.61. The number of β-amino-alcohol motifs (C(OH)–C–C–N with tert-alkyl or cyclic N) is 1. The van der Waals surface area contributed by atoms with Crippen LogP contribution >= 0.6 is 0 Å². The van der Waals surface area contributed by atoms with Gasteiger partial charge < -0.3 is 20.4 Å². The predicted molar refractivity (Wildman–Crippen MR) is 58.7 cm³/mol. The molecule has 2 rings (SSSR count). The fourth-order valence-electron chi connectivity index (χ4n) is 2.54. The summed E-state index contributed by atoms with van der Waals surface area (Å²) in [7, 11) is 0. The van der Waals surface area contributed by atoms with Crippen LogP contribution in [0.3, 0.4) is 0 Å². The average Bonchev–Trinajstić information content (AvgIpc) is 2.22. The van der Waals surface area contributed by atoms with E-state index in [-0.39, 0.29) is 6.10 Å². The number of aliphatic hydroxyl groups excluding tert-OH is 1. The van der Waals surface area contributed by atoms with Crippen LogP contribution in [-0.4, -0.2) is 59.5 Å². The molecule has 0 bridgehead atoms. The Kier molecular flexibility index (Phi) is 3.61. The fraction of sp³-hybridized carbons (Fsp3) is 1.00. The third-order valence-corrected chi connectivity index (χ3v) is 3.61. The molecule has 4 heteroatoms. The molecular formula is C11H22N2O2. The molecule has 0 radical (unpaired) electrons. The van der Waals surface area contributed by atoms with Crippen molar-refractivity contribution in [3.63, 3.8) is 0 Å². The van der Waals surface area contributed by atoms with Gasteiger partial charge in [0, 0.05) is 19.6 Å². The quantitative estimate of drug-likeness (QED) is 0.583. The smallest absolute Gasteiger partial charge is 0.0798 e. The minimum absolute atomic E-state index is 0.121. The molecule has 3 N–H and O–H groups in total. The number of hydrogen-bond acceptors (Lipinski definition) is 4. The molecule has 2 aliphatic rings. The van der Waals surface area contributed by atoms with Gasteiger partial charge in [-0.05, 0) is 38.8 Å². The normalized spacial score (nSPS) is 29.2. The van der Waals surface area contributed by atoms with E-state index in [2.05, 4.69) is 10.2 Å². The van der Waals surface area contributed by atoms with E-state index in [0.29, 0.717) is 0 Å². The number of nitrogens with zero attached hydrogens (tertiary/aromatic N) is 1. The Morgan fingerprint density at radius 3 is 2.40 bits per heavy atom. The predicted octanol–water partition coefficient (Wildman–Crippen LogP) is -0.442. The van der Waals surface area contributed by atoms with Gasteiger partial charge in [0.25, 0.3) is 0 Å². The van der Waals surface area contributed by atoms with Crippen LogP contribution in [0.1, 0.15) is 25.7 Å². The van der Waals surface area contributed by atoms with Crippen LogP contribution in [0.15, 0.2) is 0 Å². The van der Waals surface area contributed by atoms with E-state index < -0.39 is 5.60 Å². The van der Waals surface area contributed by atoms with Crippen LogP contribution < -0.4 is 5.32 Å². The summed E-state index contributed by atoms with van der Waals surface area (Å²) in [6.45, 7) is 4.48. The summed E-state index contributed by atoms with van der Waals surface area (Å²) in [6, 6.07) is 0. The lowest BCUT2D eigenvalue weighted by molar-refractivity contribution is -0.0339. The maximum atomic E-state index is 10.3. The lowest BCUT2D eigenvalue weighted by Crippen LogP contribution is -2.51. The van der Waals surface area contributed by atoms with E-state index in [1.54, 1.807) is 0 Å². The Balaban J connectivity index is 1.80. The van der Waals surface area contributed by atoms with Gasteiger partial charge in [0.15, 0.2) is 0 Å². The summed E-state index contributed by atoms with van der Waals surface area (Å²) in [5, 5.41) is 23.0. The first-order valence-corrected chi connectivity index (χ1v) is 6.01. The molecule has 0 aliphatic carbocycles. The maximum absolute atomic E-state index is 10.3. The van der Waals surface area contributed by atoms with E-state index in [1.807, 2.05) is 0 Å². The molecular weight excluding hydrogens is 192 g/mol. The van der Waals surface area contributed by atoms with Crippen molar-refractivity contribution in [1.29, 1.82) is 0 Å². The number of aliphatic hydroxyl groups is 2. The SMILES string of the molecule is OC1CCN(CC2(O)CCNCC2)CC1. The minimum Gasteiger partial charge on any atom is -0.393 e. The van der Waals surface area contributed by atoms with Crippen LogP contribution in [0.4, 0.5) is 0 Å². The Bertz CT molecular complexity index is 197. The fourth-order valence-corrected chi connectivity index (χ4v) is 2.54. The number of hydrogen-bond donors (Lipinski definition) is 3. The van der Waals surface area contributed by atoms with Crippen molar-refractivity contribution in [2.45, 2.75) is 37.4 Å². The van der Waals surface area contributed by atoms with Gasteiger partial charge in [0.2, 0.25) is 0 Å². The van der Waals surface area contributed by atoms with E-state index in [1.165, 1.54) is 0 Å². The number of likely N-dealkylation sites (tertiary alicyclic amines) is 1. The minimum atomic E-state index is -0.493. The molecule has 0 aromatic carbocycles. The van der Waals surface area contributed by atoms with Crippen molar-refractivity contribution in [3.05, 3.63) is 0 Å². The van der Waals surface area contributed by atoms with Gasteiger partial charge in [0.1, 0.15) is 0 Å². The van der Waals surface area contributed by atoms with Crippen LogP contribution in [0.2, 0.25) is 0 Å². The molecule has 88 valence electrons. The van der Waals surface area contributed by atoms with E-state index in [4.69, 9.17) is 0 Å². The highest BCUT2D eigenvalue weighted by molar-refractivity contribution is 4.88. The Morgan fingerprint density at radius 2 is 1.80 bits per heavy atom. The van der Waals surface area contributed by atoms with Gasteiger partial charge in [-0.25, -0.2) is 0 Å². The van der Waals surface area contributed by atoms with E-state index >= 15 is 0 Å². The summed E-state index contributed by atoms with van der Waals surface area (Å²) in [5.74, 6) is 0. The zero-order chi connectivity index (χ0) is 10.7. The van der Waals surface area contributed by atoms with E-state index in [0.717, 1.165) is 58.4 Å². The van der Waals surface area contributed by atoms with Crippen molar-refractivity contribution in [2.24, 2.45) is 0 Å². The standard InChI is InChI=1S/C11H22N2O2/c14-10-1-7-13(8-2-10)9-11(15)3-5-12-6-4-11/h10,12,14-15H,1-9H2. The zero-order valence-electron chi connectivity index (χ0n) is 9.28. The van der Waals surface area contributed by atoms with Gasteiger partial charge >= 0.3 is 0 Å². The second-order valence-corrected chi connectivity index (χ2v) is 4.98. The van der Waals surface area contributed by atoms with Crippen LogP contribution in [0.5, 0.6) is 0 Å². The topological polar surface area (TPSA) is 55.7 Å². The molecule has 2 aliphatic heterocycles. The van der Waals surface area contributed by atoms with Crippen molar-refractivity contribution < 1.29 is 10.2 Å². The highest BCUT2D eigenvalue weighted by Gasteiger charge is 2.32. The highest BCUT2D eigenvalue weighted by Crippen LogP contribution is 2.21. The molecule has 0 spiro atoms. The van der Waals surface area contributed by atoms with Crippen molar-refractivity contribution in [3.8, 4) is 0 Å². The second kappa shape index (κ2) is 4.78. The first kappa shape index (κ1) is 11.3. The molecule has 0 aromatic heterocycles. The van der Waals surface area contributed by atoms with Gasteiger partial charge in [-0.3, -0.25) is 0 Å². The van der Waals surface area contributed by atoms with E-state index in [9.17, 15) is 10.2 Å². The molecule has 0 atom stereocenters. The maximum Gasteiger partial charge on any atom is 0.0798 e. The molecule has 2 heterocycles. The van der Waals surface area contributed by atoms with Crippen LogP contribution in [0.25, 0.3) is 0 Å². The number of piperidine rings is 2. The lowest BCUT2D eigenvalue weighted by Gasteiger charge is -2.39. The Hall–Kier alpha value is -0.160. The van der Waals surface area contributed by atoms with Gasteiger partial charge in [-0.1, -0.05) is 0 Å². The average molecular weight is 214 g/mol. The largest absolute Gasteiger partial charge is 0.393 e. The summed E-state index contributed by atoms with van der Waals surface area (Å²) in [4.78, 5) is 2.29. The van der Waals surface area contributed by atoms with Gasteiger partial charge in [-0.2, -0.15) is 0 Å².